The van der Waals surface area contributed by atoms with E-state index in [1.54, 1.807) is 36.3 Å². The monoisotopic (exact) mass is 309 g/mol. The minimum absolute atomic E-state index is 0.00643. The van der Waals surface area contributed by atoms with Crippen molar-refractivity contribution in [1.29, 1.82) is 0 Å². The van der Waals surface area contributed by atoms with Crippen LogP contribution in [0, 0.1) is 5.92 Å². The number of amides is 1. The van der Waals surface area contributed by atoms with Crippen LogP contribution in [-0.2, 0) is 4.79 Å². The predicted molar refractivity (Wildman–Crippen MR) is 88.8 cm³/mol. The smallest absolute Gasteiger partial charge is 0.233 e. The molecule has 1 heterocycles. The lowest BCUT2D eigenvalue weighted by Crippen LogP contribution is -2.64. The molecule has 2 aromatic rings. The van der Waals surface area contributed by atoms with E-state index in [9.17, 15) is 9.59 Å². The number of ketones is 1. The number of benzene rings is 2. The van der Waals surface area contributed by atoms with Gasteiger partial charge in [0.1, 0.15) is 11.8 Å². The molecule has 2 aromatic carbocycles. The Balaban J connectivity index is 1.91. The van der Waals surface area contributed by atoms with Gasteiger partial charge in [-0.2, -0.15) is 0 Å². The van der Waals surface area contributed by atoms with Crippen molar-refractivity contribution in [1.82, 2.24) is 0 Å². The first-order valence-corrected chi connectivity index (χ1v) is 7.73. The summed E-state index contributed by atoms with van der Waals surface area (Å²) in [7, 11) is 1.60. The van der Waals surface area contributed by atoms with Gasteiger partial charge in [0.25, 0.3) is 0 Å². The average molecular weight is 309 g/mol. The second-order valence-corrected chi connectivity index (χ2v) is 5.60. The number of rotatable bonds is 5. The highest BCUT2D eigenvalue weighted by Crippen LogP contribution is 2.37. The summed E-state index contributed by atoms with van der Waals surface area (Å²) in [5, 5.41) is 0. The Morgan fingerprint density at radius 2 is 1.74 bits per heavy atom. The molecule has 0 aromatic heterocycles. The van der Waals surface area contributed by atoms with Gasteiger partial charge in [0.15, 0.2) is 5.78 Å². The van der Waals surface area contributed by atoms with Crippen molar-refractivity contribution >= 4 is 17.4 Å². The molecule has 4 heteroatoms. The molecular weight excluding hydrogens is 290 g/mol. The maximum atomic E-state index is 12.8. The zero-order valence-electron chi connectivity index (χ0n) is 13.2. The van der Waals surface area contributed by atoms with E-state index in [0.29, 0.717) is 12.0 Å². The van der Waals surface area contributed by atoms with Gasteiger partial charge in [0.2, 0.25) is 5.91 Å². The number of methoxy groups -OCH3 is 1. The van der Waals surface area contributed by atoms with E-state index >= 15 is 0 Å². The maximum Gasteiger partial charge on any atom is 0.233 e. The Morgan fingerprint density at radius 3 is 2.30 bits per heavy atom. The molecule has 3 rings (SSSR count). The summed E-state index contributed by atoms with van der Waals surface area (Å²) in [6, 6.07) is 15.9. The summed E-state index contributed by atoms with van der Waals surface area (Å²) < 4.78 is 5.14. The number of nitrogens with zero attached hydrogens (tertiary/aromatic N) is 1. The molecule has 2 unspecified atom stereocenters. The van der Waals surface area contributed by atoms with Gasteiger partial charge in [0.05, 0.1) is 13.0 Å². The fraction of sp³-hybridized carbons (Fsp3) is 0.263. The summed E-state index contributed by atoms with van der Waals surface area (Å²) >= 11 is 0. The first-order chi connectivity index (χ1) is 11.2. The van der Waals surface area contributed by atoms with Crippen LogP contribution in [-0.4, -0.2) is 24.8 Å². The molecule has 0 bridgehead atoms. The standard InChI is InChI=1S/C19H19NO3/c1-3-16-17(18(21)13-7-5-4-6-8-13)20(19(16)22)14-9-11-15(23-2)12-10-14/h4-12,16-17H,3H2,1-2H3. The van der Waals surface area contributed by atoms with E-state index in [4.69, 9.17) is 4.74 Å². The molecule has 0 aliphatic carbocycles. The van der Waals surface area contributed by atoms with Crippen molar-refractivity contribution in [2.45, 2.75) is 19.4 Å². The number of carbonyl (C=O) groups is 2. The van der Waals surface area contributed by atoms with Gasteiger partial charge >= 0.3 is 0 Å². The lowest BCUT2D eigenvalue weighted by molar-refractivity contribution is -0.129. The van der Waals surface area contributed by atoms with E-state index in [0.717, 1.165) is 11.4 Å². The zero-order valence-corrected chi connectivity index (χ0v) is 13.2. The van der Waals surface area contributed by atoms with Gasteiger partial charge in [-0.15, -0.1) is 0 Å². The first-order valence-electron chi connectivity index (χ1n) is 7.73. The van der Waals surface area contributed by atoms with Crippen LogP contribution in [0.2, 0.25) is 0 Å². The van der Waals surface area contributed by atoms with Crippen LogP contribution in [0.25, 0.3) is 0 Å². The molecule has 2 atom stereocenters. The van der Waals surface area contributed by atoms with Gasteiger partial charge in [-0.05, 0) is 30.7 Å². The molecule has 118 valence electrons. The molecule has 1 aliphatic heterocycles. The van der Waals surface area contributed by atoms with Crippen molar-refractivity contribution in [2.75, 3.05) is 12.0 Å². The van der Waals surface area contributed by atoms with Gasteiger partial charge in [0, 0.05) is 11.3 Å². The summed E-state index contributed by atoms with van der Waals surface area (Å²) in [4.78, 5) is 26.9. The maximum absolute atomic E-state index is 12.8. The van der Waals surface area contributed by atoms with Crippen molar-refractivity contribution < 1.29 is 14.3 Å². The van der Waals surface area contributed by atoms with Crippen molar-refractivity contribution in [2.24, 2.45) is 5.92 Å². The Bertz CT molecular complexity index is 709. The first kappa shape index (κ1) is 15.3. The van der Waals surface area contributed by atoms with Crippen LogP contribution in [0.5, 0.6) is 5.75 Å². The Hall–Kier alpha value is -2.62. The third-order valence-corrected chi connectivity index (χ3v) is 4.33. The molecule has 0 saturated carbocycles. The van der Waals surface area contributed by atoms with Crippen LogP contribution in [0.1, 0.15) is 23.7 Å². The van der Waals surface area contributed by atoms with Gasteiger partial charge in [-0.3, -0.25) is 9.59 Å². The van der Waals surface area contributed by atoms with Crippen molar-refractivity contribution in [3.05, 3.63) is 60.2 Å². The molecule has 0 radical (unpaired) electrons. The second-order valence-electron chi connectivity index (χ2n) is 5.60. The quantitative estimate of drug-likeness (QED) is 0.629. The second kappa shape index (κ2) is 6.24. The highest BCUT2D eigenvalue weighted by Gasteiger charge is 2.50. The van der Waals surface area contributed by atoms with Crippen molar-refractivity contribution in [3.63, 3.8) is 0 Å². The molecule has 0 spiro atoms. The number of hydrogen-bond donors (Lipinski definition) is 0. The molecule has 4 nitrogen and oxygen atoms in total. The van der Waals surface area contributed by atoms with Crippen LogP contribution >= 0.6 is 0 Å². The van der Waals surface area contributed by atoms with Crippen LogP contribution in [0.15, 0.2) is 54.6 Å². The highest BCUT2D eigenvalue weighted by atomic mass is 16.5. The van der Waals surface area contributed by atoms with Crippen molar-refractivity contribution in [3.8, 4) is 5.75 Å². The lowest BCUT2D eigenvalue weighted by Gasteiger charge is -2.46. The average Bonchev–Trinajstić information content (AvgIpc) is 2.61. The molecule has 0 N–H and O–H groups in total. The summed E-state index contributed by atoms with van der Waals surface area (Å²) in [6.07, 6.45) is 0.661. The van der Waals surface area contributed by atoms with Crippen LogP contribution in [0.3, 0.4) is 0 Å². The van der Waals surface area contributed by atoms with E-state index in [-0.39, 0.29) is 17.6 Å². The van der Waals surface area contributed by atoms with Gasteiger partial charge < -0.3 is 9.64 Å². The fourth-order valence-electron chi connectivity index (χ4n) is 3.05. The third-order valence-electron chi connectivity index (χ3n) is 4.33. The number of ether oxygens (including phenoxy) is 1. The summed E-state index contributed by atoms with van der Waals surface area (Å²) in [5.41, 5.74) is 1.37. The topological polar surface area (TPSA) is 46.6 Å². The molecular formula is C19H19NO3. The number of carbonyl (C=O) groups excluding carboxylic acids is 2. The number of Topliss-reactive ketones (excluding diaryl/α,β-unsaturated/α-hetero) is 1. The minimum atomic E-state index is -0.428. The SMILES string of the molecule is CCC1C(=O)N(c2ccc(OC)cc2)C1C(=O)c1ccccc1. The summed E-state index contributed by atoms with van der Waals surface area (Å²) in [6.45, 7) is 1.94. The number of β-lactam (4-membered cyclic amide) rings is 1. The Morgan fingerprint density at radius 1 is 1.09 bits per heavy atom. The van der Waals surface area contributed by atoms with E-state index in [2.05, 4.69) is 0 Å². The minimum Gasteiger partial charge on any atom is -0.497 e. The van der Waals surface area contributed by atoms with Crippen LogP contribution < -0.4 is 9.64 Å². The highest BCUT2D eigenvalue weighted by molar-refractivity contribution is 6.16. The number of hydrogen-bond acceptors (Lipinski definition) is 3. The van der Waals surface area contributed by atoms with Crippen LogP contribution in [0.4, 0.5) is 5.69 Å². The Labute approximate surface area is 135 Å². The predicted octanol–water partition coefficient (Wildman–Crippen LogP) is 3.32. The molecule has 1 amide bonds. The molecule has 23 heavy (non-hydrogen) atoms. The lowest BCUT2D eigenvalue weighted by atomic mass is 9.80. The van der Waals surface area contributed by atoms with E-state index in [1.165, 1.54) is 0 Å². The molecule has 1 saturated heterocycles. The molecule has 1 fully saturated rings. The largest absolute Gasteiger partial charge is 0.497 e. The van der Waals surface area contributed by atoms with Gasteiger partial charge in [-0.1, -0.05) is 37.3 Å². The Kier molecular flexibility index (Phi) is 4.15. The zero-order chi connectivity index (χ0) is 16.4. The molecule has 1 aliphatic rings. The van der Waals surface area contributed by atoms with E-state index in [1.807, 2.05) is 37.3 Å². The third kappa shape index (κ3) is 2.61. The fourth-order valence-corrected chi connectivity index (χ4v) is 3.05. The van der Waals surface area contributed by atoms with Gasteiger partial charge in [-0.25, -0.2) is 0 Å². The normalized spacial score (nSPS) is 20.1. The number of anilines is 1. The summed E-state index contributed by atoms with van der Waals surface area (Å²) in [5.74, 6) is 0.476. The van der Waals surface area contributed by atoms with E-state index < -0.39 is 6.04 Å².